The van der Waals surface area contributed by atoms with Crippen molar-refractivity contribution in [2.75, 3.05) is 0 Å². The van der Waals surface area contributed by atoms with Crippen LogP contribution in [0.1, 0.15) is 0 Å². The summed E-state index contributed by atoms with van der Waals surface area (Å²) in [5, 5.41) is 0. The maximum absolute atomic E-state index is 8.82. The zero-order chi connectivity index (χ0) is 4.50. The Morgan fingerprint density at radius 3 is 1.14 bits per heavy atom. The van der Waals surface area contributed by atoms with Gasteiger partial charge < -0.3 is 5.48 Å². The molecular formula is H4BiCrO5. The molecule has 0 heterocycles. The molecule has 5 nitrogen and oxygen atoms in total. The summed E-state index contributed by atoms with van der Waals surface area (Å²) in [6.45, 7) is 0. The molecule has 0 aromatic rings. The van der Waals surface area contributed by atoms with Gasteiger partial charge in [-0.1, -0.05) is 0 Å². The number of hydrogen-bond donors (Lipinski definition) is 2. The van der Waals surface area contributed by atoms with Crippen LogP contribution in [0.5, 0.6) is 0 Å². The van der Waals surface area contributed by atoms with E-state index in [-0.39, 0.29) is 31.7 Å². The molecule has 0 fully saturated rings. The molecule has 7 heteroatoms. The van der Waals surface area contributed by atoms with Gasteiger partial charge in [0.1, 0.15) is 0 Å². The van der Waals surface area contributed by atoms with Crippen LogP contribution in [0.3, 0.4) is 0 Å². The summed E-state index contributed by atoms with van der Waals surface area (Å²) >= 11 is -5.25. The molecule has 7 heavy (non-hydrogen) atoms. The van der Waals surface area contributed by atoms with Crippen LogP contribution in [0.2, 0.25) is 0 Å². The van der Waals surface area contributed by atoms with Gasteiger partial charge in [0.25, 0.3) is 0 Å². The van der Waals surface area contributed by atoms with Crippen LogP contribution in [-0.4, -0.2) is 40.0 Å². The summed E-state index contributed by atoms with van der Waals surface area (Å²) < 4.78 is 31.9. The molecule has 0 aromatic carbocycles. The van der Waals surface area contributed by atoms with E-state index in [2.05, 4.69) is 0 Å². The first-order valence-corrected chi connectivity index (χ1v) is 2.88. The van der Waals surface area contributed by atoms with Gasteiger partial charge in [-0.25, -0.2) is 0 Å². The first-order valence-electron chi connectivity index (χ1n) is 0.698. The van der Waals surface area contributed by atoms with Gasteiger partial charge in [-0.15, -0.1) is 0 Å². The van der Waals surface area contributed by atoms with Gasteiger partial charge >= 0.3 is 29.5 Å². The van der Waals surface area contributed by atoms with Crippen LogP contribution in [0.4, 0.5) is 0 Å². The number of rotatable bonds is 0. The predicted octanol–water partition coefficient (Wildman–Crippen LogP) is -2.56. The van der Waals surface area contributed by atoms with Gasteiger partial charge in [0.2, 0.25) is 0 Å². The van der Waals surface area contributed by atoms with Gasteiger partial charge in [0.05, 0.1) is 0 Å². The third-order valence-corrected chi connectivity index (χ3v) is 0. The third-order valence-electron chi connectivity index (χ3n) is 0. The summed E-state index contributed by atoms with van der Waals surface area (Å²) in [6, 6.07) is 0. The average molecular weight is 345 g/mol. The molecule has 0 amide bonds. The second kappa shape index (κ2) is 5.04. The van der Waals surface area contributed by atoms with E-state index in [1.54, 1.807) is 0 Å². The molecule has 0 aliphatic carbocycles. The van der Waals surface area contributed by atoms with Crippen molar-refractivity contribution < 1.29 is 35.0 Å². The van der Waals surface area contributed by atoms with Gasteiger partial charge in [-0.05, 0) is 0 Å². The van der Waals surface area contributed by atoms with E-state index in [0.717, 1.165) is 0 Å². The molecule has 0 atom stereocenters. The van der Waals surface area contributed by atoms with Crippen LogP contribution in [0.15, 0.2) is 0 Å². The molecule has 0 bridgehead atoms. The second-order valence-corrected chi connectivity index (χ2v) is 1.85. The molecule has 45 valence electrons. The molecular weight excluding hydrogens is 341 g/mol. The topological polar surface area (TPSA) is 106 Å². The summed E-state index contributed by atoms with van der Waals surface area (Å²) in [5.74, 6) is 0. The van der Waals surface area contributed by atoms with Gasteiger partial charge in [0, 0.05) is 26.2 Å². The van der Waals surface area contributed by atoms with Crippen LogP contribution >= 0.6 is 0 Å². The Balaban J connectivity index is -0.0000000800. The Bertz CT molecular complexity index is 91.2. The molecule has 0 aliphatic heterocycles. The molecule has 0 aliphatic rings. The van der Waals surface area contributed by atoms with Crippen LogP contribution < -0.4 is 0 Å². The third kappa shape index (κ3) is 206. The Hall–Kier alpha value is 0.896. The monoisotopic (exact) mass is 345 g/mol. The van der Waals surface area contributed by atoms with E-state index in [9.17, 15) is 0 Å². The Morgan fingerprint density at radius 2 is 1.14 bits per heavy atom. The second-order valence-electron chi connectivity index (χ2n) is 0.448. The van der Waals surface area contributed by atoms with Crippen LogP contribution in [0.25, 0.3) is 0 Å². The van der Waals surface area contributed by atoms with E-state index in [4.69, 9.17) is 15.9 Å². The van der Waals surface area contributed by atoms with Gasteiger partial charge in [0.15, 0.2) is 0 Å². The summed E-state index contributed by atoms with van der Waals surface area (Å²) in [5.41, 5.74) is 0. The zero-order valence-corrected chi connectivity index (χ0v) is 7.82. The van der Waals surface area contributed by atoms with E-state index in [1.807, 2.05) is 0 Å². The minimum atomic E-state index is -5.25. The molecule has 0 saturated heterocycles. The van der Waals surface area contributed by atoms with Crippen molar-refractivity contribution in [3.8, 4) is 0 Å². The standard InChI is InChI=1S/Bi.Cr.3H2O.2O/h;;3*1H2;;/q;+2;;;;;/p-2. The fourth-order valence-corrected chi connectivity index (χ4v) is 0. The molecule has 3 radical (unpaired) electrons. The van der Waals surface area contributed by atoms with E-state index in [1.165, 1.54) is 0 Å². The summed E-state index contributed by atoms with van der Waals surface area (Å²) in [4.78, 5) is 0. The Labute approximate surface area is 61.2 Å². The first-order chi connectivity index (χ1) is 2.00. The van der Waals surface area contributed by atoms with E-state index < -0.39 is 13.6 Å². The fourth-order valence-electron chi connectivity index (χ4n) is 0. The van der Waals surface area contributed by atoms with Crippen LogP contribution in [-0.2, 0) is 21.2 Å². The molecule has 0 rings (SSSR count). The fraction of sp³-hybridized carbons (Fsp3) is 0. The van der Waals surface area contributed by atoms with Crippen molar-refractivity contribution in [2.24, 2.45) is 0 Å². The zero-order valence-electron chi connectivity index (χ0n) is 3.07. The van der Waals surface area contributed by atoms with Crippen molar-refractivity contribution in [3.05, 3.63) is 0 Å². The first kappa shape index (κ1) is 15.7. The summed E-state index contributed by atoms with van der Waals surface area (Å²) in [6.07, 6.45) is 0. The SMILES string of the molecule is O.[Bi].[O]=[Cr](=[O])([OH])[OH]. The minimum absolute atomic E-state index is 0. The van der Waals surface area contributed by atoms with E-state index in [0.29, 0.717) is 0 Å². The van der Waals surface area contributed by atoms with Crippen molar-refractivity contribution >= 4 is 26.2 Å². The summed E-state index contributed by atoms with van der Waals surface area (Å²) in [7, 11) is 0. The molecule has 4 N–H and O–H groups in total. The predicted molar refractivity (Wildman–Crippen MR) is 15.2 cm³/mol. The Kier molecular flexibility index (Phi) is 11.3. The Morgan fingerprint density at radius 1 is 1.14 bits per heavy atom. The van der Waals surface area contributed by atoms with Crippen molar-refractivity contribution in [1.82, 2.24) is 0 Å². The van der Waals surface area contributed by atoms with Crippen molar-refractivity contribution in [3.63, 3.8) is 0 Å². The van der Waals surface area contributed by atoms with Gasteiger partial charge in [-0.3, -0.25) is 0 Å². The van der Waals surface area contributed by atoms with Crippen molar-refractivity contribution in [1.29, 1.82) is 0 Å². The van der Waals surface area contributed by atoms with E-state index >= 15 is 0 Å². The molecule has 0 saturated carbocycles. The van der Waals surface area contributed by atoms with Crippen LogP contribution in [0, 0.1) is 0 Å². The maximum atomic E-state index is 8.82. The average Bonchev–Trinajstić information content (AvgIpc) is 0.722. The quantitative estimate of drug-likeness (QED) is 0.471. The molecule has 0 aromatic heterocycles. The molecule has 0 unspecified atom stereocenters. The normalized spacial score (nSPS) is 8.29. The number of hydrogen-bond acceptors (Lipinski definition) is 2. The van der Waals surface area contributed by atoms with Gasteiger partial charge in [-0.2, -0.15) is 0 Å². The van der Waals surface area contributed by atoms with Crippen molar-refractivity contribution in [2.45, 2.75) is 0 Å². The molecule has 0 spiro atoms.